The maximum atomic E-state index is 12.8. The first-order valence-electron chi connectivity index (χ1n) is 8.08. The lowest BCUT2D eigenvalue weighted by atomic mass is 9.88. The van der Waals surface area contributed by atoms with E-state index in [2.05, 4.69) is 21.7 Å². The van der Waals surface area contributed by atoms with Crippen LogP contribution in [-0.4, -0.2) is 17.4 Å². The van der Waals surface area contributed by atoms with Gasteiger partial charge in [0.05, 0.1) is 5.41 Å². The zero-order valence-electron chi connectivity index (χ0n) is 12.0. The number of fused-ring (bicyclic) bond motifs is 1. The van der Waals surface area contributed by atoms with E-state index >= 15 is 0 Å². The molecule has 0 aromatic carbocycles. The van der Waals surface area contributed by atoms with Crippen LogP contribution in [-0.2, 0) is 11.3 Å². The third kappa shape index (κ3) is 2.30. The Bertz CT molecular complexity index is 483. The van der Waals surface area contributed by atoms with Crippen molar-refractivity contribution in [3.8, 4) is 0 Å². The molecule has 3 fully saturated rings. The van der Waals surface area contributed by atoms with Gasteiger partial charge in [-0.15, -0.1) is 0 Å². The van der Waals surface area contributed by atoms with Crippen molar-refractivity contribution in [1.82, 2.24) is 4.90 Å². The number of amides is 1. The third-order valence-corrected chi connectivity index (χ3v) is 6.28. The third-order valence-electron chi connectivity index (χ3n) is 5.55. The Morgan fingerprint density at radius 1 is 1.30 bits per heavy atom. The molecule has 4 rings (SSSR count). The number of hydrogen-bond acceptors (Lipinski definition) is 2. The first-order chi connectivity index (χ1) is 9.78. The fraction of sp³-hybridized carbons (Fsp3) is 0.706. The summed E-state index contributed by atoms with van der Waals surface area (Å²) in [5.41, 5.74) is 1.44. The summed E-state index contributed by atoms with van der Waals surface area (Å²) in [5, 5.41) is 4.31. The Hall–Kier alpha value is -0.830. The van der Waals surface area contributed by atoms with Crippen molar-refractivity contribution in [1.29, 1.82) is 0 Å². The minimum atomic E-state index is 0.130. The van der Waals surface area contributed by atoms with Gasteiger partial charge in [0.25, 0.3) is 0 Å². The molecule has 1 aromatic heterocycles. The Kier molecular flexibility index (Phi) is 3.13. The molecule has 1 aromatic rings. The van der Waals surface area contributed by atoms with E-state index in [4.69, 9.17) is 0 Å². The van der Waals surface area contributed by atoms with Gasteiger partial charge in [0.1, 0.15) is 0 Å². The van der Waals surface area contributed by atoms with Crippen LogP contribution in [0, 0.1) is 17.3 Å². The van der Waals surface area contributed by atoms with E-state index in [1.165, 1.54) is 50.5 Å². The maximum Gasteiger partial charge on any atom is 0.229 e. The minimum Gasteiger partial charge on any atom is -0.338 e. The van der Waals surface area contributed by atoms with Gasteiger partial charge in [-0.05, 0) is 59.9 Å². The molecule has 3 heteroatoms. The smallest absolute Gasteiger partial charge is 0.229 e. The van der Waals surface area contributed by atoms with Crippen molar-refractivity contribution in [2.45, 2.75) is 51.5 Å². The Balaban J connectivity index is 1.45. The Morgan fingerprint density at radius 2 is 2.05 bits per heavy atom. The molecule has 0 bridgehead atoms. The lowest BCUT2D eigenvalue weighted by molar-refractivity contribution is -0.136. The van der Waals surface area contributed by atoms with Gasteiger partial charge in [-0.3, -0.25) is 4.79 Å². The second-order valence-electron chi connectivity index (χ2n) is 7.08. The fourth-order valence-electron chi connectivity index (χ4n) is 3.87. The molecule has 1 heterocycles. The molecule has 0 N–H and O–H groups in total. The van der Waals surface area contributed by atoms with E-state index < -0.39 is 0 Å². The quantitative estimate of drug-likeness (QED) is 0.800. The van der Waals surface area contributed by atoms with Gasteiger partial charge >= 0.3 is 0 Å². The Labute approximate surface area is 125 Å². The van der Waals surface area contributed by atoms with Crippen molar-refractivity contribution in [3.05, 3.63) is 22.4 Å². The number of carbonyl (C=O) groups is 1. The molecule has 0 spiro atoms. The standard InChI is InChI=1S/C17H23NOS/c19-16(17-8-15(17)9-17)18(11-14-6-7-20-12-14)10-13-4-2-1-3-5-13/h6-7,12-13,15H,1-5,8-11H2. The molecular weight excluding hydrogens is 266 g/mol. The van der Waals surface area contributed by atoms with Crippen LogP contribution in [0.15, 0.2) is 16.8 Å². The van der Waals surface area contributed by atoms with Crippen LogP contribution in [0.2, 0.25) is 0 Å². The van der Waals surface area contributed by atoms with Crippen LogP contribution in [0.3, 0.4) is 0 Å². The molecule has 0 atom stereocenters. The van der Waals surface area contributed by atoms with E-state index in [9.17, 15) is 4.79 Å². The lowest BCUT2D eigenvalue weighted by Gasteiger charge is -2.30. The molecule has 20 heavy (non-hydrogen) atoms. The maximum absolute atomic E-state index is 12.8. The van der Waals surface area contributed by atoms with E-state index in [1.807, 2.05) is 0 Å². The van der Waals surface area contributed by atoms with Gasteiger partial charge in [-0.2, -0.15) is 11.3 Å². The predicted molar refractivity (Wildman–Crippen MR) is 81.5 cm³/mol. The number of thiophene rings is 1. The first-order valence-corrected chi connectivity index (χ1v) is 9.03. The number of carbonyl (C=O) groups excluding carboxylic acids is 1. The van der Waals surface area contributed by atoms with Crippen LogP contribution in [0.4, 0.5) is 0 Å². The molecule has 0 radical (unpaired) electrons. The summed E-state index contributed by atoms with van der Waals surface area (Å²) in [7, 11) is 0. The zero-order chi connectivity index (χ0) is 13.6. The van der Waals surface area contributed by atoms with Crippen molar-refractivity contribution >= 4 is 17.2 Å². The average Bonchev–Trinajstić information content (AvgIpc) is 3.27. The summed E-state index contributed by atoms with van der Waals surface area (Å²) in [6.07, 6.45) is 9.11. The van der Waals surface area contributed by atoms with Crippen LogP contribution in [0.25, 0.3) is 0 Å². The SMILES string of the molecule is O=C(N(Cc1ccsc1)CC1CCCCC1)C12CC1C2. The summed E-state index contributed by atoms with van der Waals surface area (Å²) in [4.78, 5) is 15.0. The average molecular weight is 289 g/mol. The van der Waals surface area contributed by atoms with Crippen molar-refractivity contribution in [3.63, 3.8) is 0 Å². The molecular formula is C17H23NOS. The molecule has 3 aliphatic carbocycles. The largest absolute Gasteiger partial charge is 0.338 e. The lowest BCUT2D eigenvalue weighted by Crippen LogP contribution is -2.38. The molecule has 3 saturated carbocycles. The second-order valence-corrected chi connectivity index (χ2v) is 7.86. The van der Waals surface area contributed by atoms with Crippen LogP contribution in [0.5, 0.6) is 0 Å². The molecule has 0 aliphatic heterocycles. The summed E-state index contributed by atoms with van der Waals surface area (Å²) < 4.78 is 0. The summed E-state index contributed by atoms with van der Waals surface area (Å²) in [6.45, 7) is 1.84. The zero-order valence-corrected chi connectivity index (χ0v) is 12.8. The van der Waals surface area contributed by atoms with Crippen LogP contribution < -0.4 is 0 Å². The van der Waals surface area contributed by atoms with E-state index in [0.29, 0.717) is 5.91 Å². The summed E-state index contributed by atoms with van der Waals surface area (Å²) >= 11 is 1.73. The van der Waals surface area contributed by atoms with Crippen molar-refractivity contribution < 1.29 is 4.79 Å². The highest BCUT2D eigenvalue weighted by atomic mass is 32.1. The van der Waals surface area contributed by atoms with Gasteiger partial charge in [0.2, 0.25) is 5.91 Å². The monoisotopic (exact) mass is 289 g/mol. The van der Waals surface area contributed by atoms with Gasteiger partial charge in [-0.25, -0.2) is 0 Å². The predicted octanol–water partition coefficient (Wildman–Crippen LogP) is 4.07. The van der Waals surface area contributed by atoms with Crippen LogP contribution >= 0.6 is 11.3 Å². The normalized spacial score (nSPS) is 31.7. The second kappa shape index (κ2) is 4.87. The number of nitrogens with zero attached hydrogens (tertiary/aromatic N) is 1. The molecule has 0 saturated heterocycles. The fourth-order valence-corrected chi connectivity index (χ4v) is 4.53. The molecule has 2 nitrogen and oxygen atoms in total. The van der Waals surface area contributed by atoms with Crippen LogP contribution in [0.1, 0.15) is 50.5 Å². The van der Waals surface area contributed by atoms with Gasteiger partial charge < -0.3 is 4.90 Å². The van der Waals surface area contributed by atoms with E-state index in [-0.39, 0.29) is 5.41 Å². The number of hydrogen-bond donors (Lipinski definition) is 0. The summed E-state index contributed by atoms with van der Waals surface area (Å²) in [6, 6.07) is 2.17. The molecule has 1 amide bonds. The molecule has 3 aliphatic rings. The van der Waals surface area contributed by atoms with E-state index in [1.54, 1.807) is 11.3 Å². The Morgan fingerprint density at radius 3 is 2.65 bits per heavy atom. The molecule has 108 valence electrons. The van der Waals surface area contributed by atoms with Gasteiger partial charge in [-0.1, -0.05) is 19.3 Å². The molecule has 0 unspecified atom stereocenters. The van der Waals surface area contributed by atoms with Crippen molar-refractivity contribution in [2.24, 2.45) is 17.3 Å². The highest BCUT2D eigenvalue weighted by molar-refractivity contribution is 7.07. The van der Waals surface area contributed by atoms with Crippen molar-refractivity contribution in [2.75, 3.05) is 6.54 Å². The highest BCUT2D eigenvalue weighted by Gasteiger charge is 2.75. The summed E-state index contributed by atoms with van der Waals surface area (Å²) in [5.74, 6) is 1.98. The highest BCUT2D eigenvalue weighted by Crippen LogP contribution is 2.76. The van der Waals surface area contributed by atoms with Gasteiger partial charge in [0.15, 0.2) is 0 Å². The van der Waals surface area contributed by atoms with E-state index in [0.717, 1.165) is 24.9 Å². The van der Waals surface area contributed by atoms with Gasteiger partial charge in [0, 0.05) is 13.1 Å². The topological polar surface area (TPSA) is 20.3 Å². The minimum absolute atomic E-state index is 0.130. The number of rotatable bonds is 5. The first kappa shape index (κ1) is 12.9.